The summed E-state index contributed by atoms with van der Waals surface area (Å²) in [7, 11) is 2.33. The largest absolute Gasteiger partial charge is 0.381 e. The first-order chi connectivity index (χ1) is 9.29. The standard InChI is InChI=1S/C16H32N2O/c1-3-10-17-15-4-6-16(7-5-15)18(2)13-14-8-11-19-12-9-14/h14-17H,3-13H2,1-2H3. The summed E-state index contributed by atoms with van der Waals surface area (Å²) >= 11 is 0. The summed E-state index contributed by atoms with van der Waals surface area (Å²) in [5.74, 6) is 0.870. The van der Waals surface area contributed by atoms with Crippen LogP contribution in [0.25, 0.3) is 0 Å². The number of rotatable bonds is 6. The third-order valence-corrected chi connectivity index (χ3v) is 4.89. The molecule has 0 unspecified atom stereocenters. The fraction of sp³-hybridized carbons (Fsp3) is 1.00. The first kappa shape index (κ1) is 15.3. The predicted octanol–water partition coefficient (Wildman–Crippen LogP) is 2.66. The van der Waals surface area contributed by atoms with Gasteiger partial charge in [0, 0.05) is 31.8 Å². The van der Waals surface area contributed by atoms with Crippen LogP contribution in [-0.4, -0.2) is 50.3 Å². The molecule has 2 fully saturated rings. The molecule has 1 N–H and O–H groups in total. The molecule has 1 aliphatic heterocycles. The van der Waals surface area contributed by atoms with E-state index in [1.165, 1.54) is 58.0 Å². The maximum absolute atomic E-state index is 5.45. The van der Waals surface area contributed by atoms with Crippen molar-refractivity contribution in [3.05, 3.63) is 0 Å². The second-order valence-corrected chi connectivity index (χ2v) is 6.45. The lowest BCUT2D eigenvalue weighted by molar-refractivity contribution is 0.0463. The Balaban J connectivity index is 1.65. The van der Waals surface area contributed by atoms with E-state index in [1.54, 1.807) is 0 Å². The number of nitrogens with zero attached hydrogens (tertiary/aromatic N) is 1. The Morgan fingerprint density at radius 1 is 1.05 bits per heavy atom. The Morgan fingerprint density at radius 2 is 1.74 bits per heavy atom. The fourth-order valence-corrected chi connectivity index (χ4v) is 3.55. The molecule has 112 valence electrons. The summed E-state index contributed by atoms with van der Waals surface area (Å²) in [6.07, 6.45) is 9.26. The van der Waals surface area contributed by atoms with Crippen LogP contribution < -0.4 is 5.32 Å². The van der Waals surface area contributed by atoms with Crippen molar-refractivity contribution in [2.24, 2.45) is 5.92 Å². The van der Waals surface area contributed by atoms with Gasteiger partial charge in [-0.2, -0.15) is 0 Å². The van der Waals surface area contributed by atoms with E-state index in [-0.39, 0.29) is 0 Å². The van der Waals surface area contributed by atoms with Crippen LogP contribution >= 0.6 is 0 Å². The van der Waals surface area contributed by atoms with Gasteiger partial charge in [-0.1, -0.05) is 6.92 Å². The van der Waals surface area contributed by atoms with Gasteiger partial charge < -0.3 is 15.0 Å². The summed E-state index contributed by atoms with van der Waals surface area (Å²) in [5, 5.41) is 3.68. The molecule has 3 heteroatoms. The summed E-state index contributed by atoms with van der Waals surface area (Å²) in [4.78, 5) is 2.63. The number of hydrogen-bond acceptors (Lipinski definition) is 3. The van der Waals surface area contributed by atoms with Gasteiger partial charge in [0.25, 0.3) is 0 Å². The minimum atomic E-state index is 0.785. The molecule has 1 saturated heterocycles. The van der Waals surface area contributed by atoms with Crippen LogP contribution in [0.5, 0.6) is 0 Å². The van der Waals surface area contributed by atoms with E-state index in [4.69, 9.17) is 4.74 Å². The predicted molar refractivity (Wildman–Crippen MR) is 80.5 cm³/mol. The number of nitrogens with one attached hydrogen (secondary N) is 1. The van der Waals surface area contributed by atoms with Gasteiger partial charge in [-0.3, -0.25) is 0 Å². The molecule has 0 aromatic heterocycles. The van der Waals surface area contributed by atoms with Crippen molar-refractivity contribution in [1.82, 2.24) is 10.2 Å². The lowest BCUT2D eigenvalue weighted by Gasteiger charge is -2.37. The first-order valence-corrected chi connectivity index (χ1v) is 8.31. The van der Waals surface area contributed by atoms with Crippen LogP contribution in [0, 0.1) is 5.92 Å². The molecular weight excluding hydrogens is 236 g/mol. The third kappa shape index (κ3) is 5.05. The summed E-state index contributed by atoms with van der Waals surface area (Å²) in [6, 6.07) is 1.61. The quantitative estimate of drug-likeness (QED) is 0.801. The van der Waals surface area contributed by atoms with Crippen molar-refractivity contribution in [3.63, 3.8) is 0 Å². The summed E-state index contributed by atoms with van der Waals surface area (Å²) in [6.45, 7) is 6.67. The van der Waals surface area contributed by atoms with Crippen LogP contribution in [-0.2, 0) is 4.74 Å². The highest BCUT2D eigenvalue weighted by Crippen LogP contribution is 2.24. The first-order valence-electron chi connectivity index (χ1n) is 8.31. The smallest absolute Gasteiger partial charge is 0.0469 e. The average Bonchev–Trinajstić information content (AvgIpc) is 2.46. The Labute approximate surface area is 119 Å². The molecule has 0 atom stereocenters. The number of ether oxygens (including phenoxy) is 1. The Kier molecular flexibility index (Phi) is 6.62. The van der Waals surface area contributed by atoms with Crippen LogP contribution in [0.15, 0.2) is 0 Å². The normalized spacial score (nSPS) is 29.8. The third-order valence-electron chi connectivity index (χ3n) is 4.89. The highest BCUT2D eigenvalue weighted by molar-refractivity contribution is 4.82. The maximum atomic E-state index is 5.45. The zero-order valence-corrected chi connectivity index (χ0v) is 12.9. The molecule has 0 aromatic rings. The van der Waals surface area contributed by atoms with Gasteiger partial charge in [0.15, 0.2) is 0 Å². The molecule has 1 saturated carbocycles. The van der Waals surface area contributed by atoms with E-state index in [0.717, 1.165) is 31.2 Å². The van der Waals surface area contributed by atoms with E-state index in [2.05, 4.69) is 24.2 Å². The van der Waals surface area contributed by atoms with E-state index in [9.17, 15) is 0 Å². The second-order valence-electron chi connectivity index (χ2n) is 6.45. The van der Waals surface area contributed by atoms with Crippen molar-refractivity contribution in [3.8, 4) is 0 Å². The molecule has 19 heavy (non-hydrogen) atoms. The van der Waals surface area contributed by atoms with E-state index in [1.807, 2.05) is 0 Å². The molecule has 2 rings (SSSR count). The second kappa shape index (κ2) is 8.23. The van der Waals surface area contributed by atoms with Gasteiger partial charge >= 0.3 is 0 Å². The maximum Gasteiger partial charge on any atom is 0.0469 e. The van der Waals surface area contributed by atoms with Crippen molar-refractivity contribution in [2.75, 3.05) is 33.4 Å². The fourth-order valence-electron chi connectivity index (χ4n) is 3.55. The molecule has 0 bridgehead atoms. The van der Waals surface area contributed by atoms with Crippen LogP contribution in [0.2, 0.25) is 0 Å². The highest BCUT2D eigenvalue weighted by Gasteiger charge is 2.25. The molecule has 0 spiro atoms. The summed E-state index contributed by atoms with van der Waals surface area (Å²) in [5.41, 5.74) is 0. The van der Waals surface area contributed by atoms with Crippen molar-refractivity contribution in [1.29, 1.82) is 0 Å². The molecule has 1 heterocycles. The molecule has 1 aliphatic carbocycles. The van der Waals surface area contributed by atoms with Crippen LogP contribution in [0.4, 0.5) is 0 Å². The minimum Gasteiger partial charge on any atom is -0.381 e. The molecule has 0 radical (unpaired) electrons. The highest BCUT2D eigenvalue weighted by atomic mass is 16.5. The molecular formula is C16H32N2O. The Morgan fingerprint density at radius 3 is 2.37 bits per heavy atom. The van der Waals surface area contributed by atoms with Gasteiger partial charge in [0.1, 0.15) is 0 Å². The Hall–Kier alpha value is -0.120. The van der Waals surface area contributed by atoms with Gasteiger partial charge in [0.2, 0.25) is 0 Å². The molecule has 0 aromatic carbocycles. The molecule has 2 aliphatic rings. The van der Waals surface area contributed by atoms with Crippen molar-refractivity contribution >= 4 is 0 Å². The lowest BCUT2D eigenvalue weighted by Crippen LogP contribution is -2.43. The van der Waals surface area contributed by atoms with Gasteiger partial charge in [-0.05, 0) is 64.5 Å². The lowest BCUT2D eigenvalue weighted by atomic mass is 9.89. The molecule has 3 nitrogen and oxygen atoms in total. The van der Waals surface area contributed by atoms with Gasteiger partial charge in [-0.25, -0.2) is 0 Å². The van der Waals surface area contributed by atoms with Gasteiger partial charge in [-0.15, -0.1) is 0 Å². The zero-order valence-electron chi connectivity index (χ0n) is 12.9. The van der Waals surface area contributed by atoms with Gasteiger partial charge in [0.05, 0.1) is 0 Å². The average molecular weight is 268 g/mol. The summed E-state index contributed by atoms with van der Waals surface area (Å²) < 4.78 is 5.45. The SMILES string of the molecule is CCCNC1CCC(N(C)CC2CCOCC2)CC1. The van der Waals surface area contributed by atoms with E-state index >= 15 is 0 Å². The topological polar surface area (TPSA) is 24.5 Å². The van der Waals surface area contributed by atoms with Crippen molar-refractivity contribution in [2.45, 2.75) is 64.0 Å². The van der Waals surface area contributed by atoms with E-state index < -0.39 is 0 Å². The van der Waals surface area contributed by atoms with Crippen LogP contribution in [0.3, 0.4) is 0 Å². The van der Waals surface area contributed by atoms with Crippen molar-refractivity contribution < 1.29 is 4.74 Å². The minimum absolute atomic E-state index is 0.785. The zero-order chi connectivity index (χ0) is 13.5. The monoisotopic (exact) mass is 268 g/mol. The van der Waals surface area contributed by atoms with E-state index in [0.29, 0.717) is 0 Å². The Bertz CT molecular complexity index is 233. The molecule has 0 amide bonds. The number of hydrogen-bond donors (Lipinski definition) is 1. The van der Waals surface area contributed by atoms with Crippen LogP contribution in [0.1, 0.15) is 51.9 Å².